The predicted octanol–water partition coefficient (Wildman–Crippen LogP) is 1.46. The van der Waals surface area contributed by atoms with Gasteiger partial charge in [-0.05, 0) is 0 Å². The number of rotatable bonds is 4. The zero-order valence-electron chi connectivity index (χ0n) is 5.69. The second-order valence-electron chi connectivity index (χ2n) is 1.81. The SMILES string of the molecule is O=C(O)CSCc1nccs1. The zero-order chi connectivity index (χ0) is 8.10. The molecule has 0 bridgehead atoms. The molecule has 3 nitrogen and oxygen atoms in total. The average molecular weight is 189 g/mol. The van der Waals surface area contributed by atoms with Crippen LogP contribution in [0, 0.1) is 0 Å². The number of hydrogen-bond acceptors (Lipinski definition) is 4. The van der Waals surface area contributed by atoms with Crippen LogP contribution in [-0.2, 0) is 10.5 Å². The van der Waals surface area contributed by atoms with Crippen molar-refractivity contribution in [2.24, 2.45) is 0 Å². The van der Waals surface area contributed by atoms with E-state index in [1.165, 1.54) is 11.8 Å². The van der Waals surface area contributed by atoms with Crippen molar-refractivity contribution < 1.29 is 9.90 Å². The molecular formula is C6H7NO2S2. The van der Waals surface area contributed by atoms with Crippen LogP contribution in [0.25, 0.3) is 0 Å². The van der Waals surface area contributed by atoms with Gasteiger partial charge in [0.05, 0.1) is 5.75 Å². The summed E-state index contributed by atoms with van der Waals surface area (Å²) in [5, 5.41) is 11.2. The fourth-order valence-corrected chi connectivity index (χ4v) is 2.00. The molecule has 11 heavy (non-hydrogen) atoms. The van der Waals surface area contributed by atoms with Crippen molar-refractivity contribution >= 4 is 29.1 Å². The third-order valence-corrected chi connectivity index (χ3v) is 2.83. The molecule has 0 radical (unpaired) electrons. The van der Waals surface area contributed by atoms with Gasteiger partial charge in [-0.25, -0.2) is 4.98 Å². The van der Waals surface area contributed by atoms with E-state index in [1.54, 1.807) is 17.5 Å². The smallest absolute Gasteiger partial charge is 0.313 e. The Kier molecular flexibility index (Phi) is 3.38. The number of hydrogen-bond donors (Lipinski definition) is 1. The number of nitrogens with zero attached hydrogens (tertiary/aromatic N) is 1. The maximum Gasteiger partial charge on any atom is 0.313 e. The third-order valence-electron chi connectivity index (χ3n) is 0.935. The molecule has 1 rings (SSSR count). The van der Waals surface area contributed by atoms with Crippen LogP contribution in [0.1, 0.15) is 5.01 Å². The second kappa shape index (κ2) is 4.35. The van der Waals surface area contributed by atoms with Crippen molar-refractivity contribution in [3.63, 3.8) is 0 Å². The highest BCUT2D eigenvalue weighted by molar-refractivity contribution is 7.99. The molecule has 0 aliphatic rings. The standard InChI is InChI=1S/C6H7NO2S2/c8-6(9)4-10-3-5-7-1-2-11-5/h1-2H,3-4H2,(H,8,9). The van der Waals surface area contributed by atoms with Gasteiger partial charge in [0.25, 0.3) is 0 Å². The van der Waals surface area contributed by atoms with Gasteiger partial charge < -0.3 is 5.11 Å². The Bertz CT molecular complexity index is 222. The first-order valence-electron chi connectivity index (χ1n) is 2.97. The normalized spacial score (nSPS) is 9.82. The topological polar surface area (TPSA) is 50.2 Å². The van der Waals surface area contributed by atoms with Gasteiger partial charge in [0.2, 0.25) is 0 Å². The Morgan fingerprint density at radius 1 is 1.82 bits per heavy atom. The summed E-state index contributed by atoms with van der Waals surface area (Å²) in [4.78, 5) is 14.1. The van der Waals surface area contributed by atoms with E-state index in [-0.39, 0.29) is 5.75 Å². The van der Waals surface area contributed by atoms with E-state index in [9.17, 15) is 4.79 Å². The molecule has 1 aromatic heterocycles. The zero-order valence-corrected chi connectivity index (χ0v) is 7.32. The van der Waals surface area contributed by atoms with Crippen LogP contribution < -0.4 is 0 Å². The Hall–Kier alpha value is -0.550. The van der Waals surface area contributed by atoms with Crippen molar-refractivity contribution in [1.29, 1.82) is 0 Å². The van der Waals surface area contributed by atoms with Crippen molar-refractivity contribution in [2.75, 3.05) is 5.75 Å². The van der Waals surface area contributed by atoms with Crippen LogP contribution in [0.3, 0.4) is 0 Å². The molecule has 0 aromatic carbocycles. The van der Waals surface area contributed by atoms with E-state index in [0.29, 0.717) is 5.75 Å². The largest absolute Gasteiger partial charge is 0.481 e. The summed E-state index contributed by atoms with van der Waals surface area (Å²) in [6.07, 6.45) is 1.72. The molecule has 0 saturated heterocycles. The summed E-state index contributed by atoms with van der Waals surface area (Å²) < 4.78 is 0. The molecule has 0 aliphatic heterocycles. The lowest BCUT2D eigenvalue weighted by Gasteiger charge is -1.91. The van der Waals surface area contributed by atoms with Crippen molar-refractivity contribution in [3.8, 4) is 0 Å². The van der Waals surface area contributed by atoms with Crippen LogP contribution in [0.15, 0.2) is 11.6 Å². The molecule has 5 heteroatoms. The molecule has 0 spiro atoms. The van der Waals surface area contributed by atoms with Gasteiger partial charge in [-0.1, -0.05) is 0 Å². The Balaban J connectivity index is 2.19. The van der Waals surface area contributed by atoms with E-state index in [2.05, 4.69) is 4.98 Å². The lowest BCUT2D eigenvalue weighted by atomic mass is 10.8. The molecule has 0 unspecified atom stereocenters. The van der Waals surface area contributed by atoms with Gasteiger partial charge in [0, 0.05) is 17.3 Å². The van der Waals surface area contributed by atoms with Gasteiger partial charge in [-0.2, -0.15) is 0 Å². The second-order valence-corrected chi connectivity index (χ2v) is 3.78. The lowest BCUT2D eigenvalue weighted by Crippen LogP contribution is -1.97. The number of thioether (sulfide) groups is 1. The third kappa shape index (κ3) is 3.38. The van der Waals surface area contributed by atoms with Crippen LogP contribution in [0.4, 0.5) is 0 Å². The van der Waals surface area contributed by atoms with E-state index >= 15 is 0 Å². The minimum Gasteiger partial charge on any atom is -0.481 e. The summed E-state index contributed by atoms with van der Waals surface area (Å²) in [6.45, 7) is 0. The van der Waals surface area contributed by atoms with Crippen LogP contribution in [0.5, 0.6) is 0 Å². The van der Waals surface area contributed by atoms with Gasteiger partial charge in [0.1, 0.15) is 5.01 Å². The fraction of sp³-hybridized carbons (Fsp3) is 0.333. The number of carboxylic acid groups (broad SMARTS) is 1. The highest BCUT2D eigenvalue weighted by Gasteiger charge is 1.99. The first-order valence-corrected chi connectivity index (χ1v) is 5.00. The summed E-state index contributed by atoms with van der Waals surface area (Å²) in [7, 11) is 0. The number of carbonyl (C=O) groups is 1. The number of aliphatic carboxylic acids is 1. The fourth-order valence-electron chi connectivity index (χ4n) is 0.550. The molecule has 1 aromatic rings. The molecule has 0 fully saturated rings. The molecule has 0 aliphatic carbocycles. The number of thiazole rings is 1. The highest BCUT2D eigenvalue weighted by atomic mass is 32.2. The highest BCUT2D eigenvalue weighted by Crippen LogP contribution is 2.13. The first kappa shape index (κ1) is 8.55. The van der Waals surface area contributed by atoms with Crippen molar-refractivity contribution in [3.05, 3.63) is 16.6 Å². The quantitative estimate of drug-likeness (QED) is 0.779. The minimum absolute atomic E-state index is 0.152. The van der Waals surface area contributed by atoms with E-state index in [0.717, 1.165) is 5.01 Å². The van der Waals surface area contributed by atoms with Gasteiger partial charge in [-0.3, -0.25) is 4.79 Å². The molecule has 1 N–H and O–H groups in total. The minimum atomic E-state index is -0.772. The number of aromatic nitrogens is 1. The van der Waals surface area contributed by atoms with Gasteiger partial charge in [-0.15, -0.1) is 23.1 Å². The average Bonchev–Trinajstić information content (AvgIpc) is 2.39. The Morgan fingerprint density at radius 3 is 3.18 bits per heavy atom. The summed E-state index contributed by atoms with van der Waals surface area (Å²) in [5.41, 5.74) is 0. The maximum atomic E-state index is 10.1. The maximum absolute atomic E-state index is 10.1. The van der Waals surface area contributed by atoms with Crippen LogP contribution >= 0.6 is 23.1 Å². The lowest BCUT2D eigenvalue weighted by molar-refractivity contribution is -0.133. The number of carboxylic acids is 1. The molecule has 1 heterocycles. The van der Waals surface area contributed by atoms with Gasteiger partial charge >= 0.3 is 5.97 Å². The van der Waals surface area contributed by atoms with E-state index in [1.807, 2.05) is 5.38 Å². The molecular weight excluding hydrogens is 182 g/mol. The summed E-state index contributed by atoms with van der Waals surface area (Å²) in [6, 6.07) is 0. The molecule has 60 valence electrons. The monoisotopic (exact) mass is 189 g/mol. The van der Waals surface area contributed by atoms with Crippen molar-refractivity contribution in [1.82, 2.24) is 4.98 Å². The van der Waals surface area contributed by atoms with E-state index < -0.39 is 5.97 Å². The van der Waals surface area contributed by atoms with E-state index in [4.69, 9.17) is 5.11 Å². The molecule has 0 saturated carbocycles. The molecule has 0 amide bonds. The summed E-state index contributed by atoms with van der Waals surface area (Å²) in [5.74, 6) is 0.0790. The van der Waals surface area contributed by atoms with Crippen LogP contribution in [-0.4, -0.2) is 21.8 Å². The Labute approximate surface area is 72.5 Å². The van der Waals surface area contributed by atoms with Crippen LogP contribution in [0.2, 0.25) is 0 Å². The predicted molar refractivity (Wildman–Crippen MR) is 45.9 cm³/mol. The summed E-state index contributed by atoms with van der Waals surface area (Å²) >= 11 is 2.92. The van der Waals surface area contributed by atoms with Crippen molar-refractivity contribution in [2.45, 2.75) is 5.75 Å². The molecule has 0 atom stereocenters. The first-order chi connectivity index (χ1) is 5.29. The Morgan fingerprint density at radius 2 is 2.64 bits per heavy atom. The van der Waals surface area contributed by atoms with Gasteiger partial charge in [0.15, 0.2) is 0 Å².